The predicted octanol–water partition coefficient (Wildman–Crippen LogP) is 1.07. The van der Waals surface area contributed by atoms with Gasteiger partial charge >= 0.3 is 0 Å². The zero-order valence-electron chi connectivity index (χ0n) is 10.3. The van der Waals surface area contributed by atoms with Crippen LogP contribution in [0.1, 0.15) is 25.5 Å². The van der Waals surface area contributed by atoms with Gasteiger partial charge in [-0.3, -0.25) is 4.90 Å². The number of imidazole rings is 1. The van der Waals surface area contributed by atoms with Crippen LogP contribution in [0.15, 0.2) is 12.5 Å². The van der Waals surface area contributed by atoms with Crippen molar-refractivity contribution in [3.63, 3.8) is 0 Å². The molecule has 90 valence electrons. The van der Waals surface area contributed by atoms with Gasteiger partial charge in [0.15, 0.2) is 0 Å². The van der Waals surface area contributed by atoms with E-state index in [9.17, 15) is 0 Å². The first-order chi connectivity index (χ1) is 7.76. The Labute approximate surface area is 97.4 Å². The van der Waals surface area contributed by atoms with Gasteiger partial charge in [0.25, 0.3) is 0 Å². The molecular weight excluding hydrogens is 200 g/mol. The summed E-state index contributed by atoms with van der Waals surface area (Å²) in [5.41, 5.74) is 7.13. The van der Waals surface area contributed by atoms with Crippen molar-refractivity contribution in [1.29, 1.82) is 0 Å². The van der Waals surface area contributed by atoms with Gasteiger partial charge in [-0.2, -0.15) is 0 Å². The third-order valence-electron chi connectivity index (χ3n) is 3.52. The van der Waals surface area contributed by atoms with Gasteiger partial charge in [0.2, 0.25) is 0 Å². The number of rotatable bonds is 6. The smallest absolute Gasteiger partial charge is 0.0948 e. The molecule has 0 bridgehead atoms. The van der Waals surface area contributed by atoms with E-state index in [1.165, 1.54) is 18.5 Å². The Morgan fingerprint density at radius 2 is 2.38 bits per heavy atom. The van der Waals surface area contributed by atoms with Crippen LogP contribution < -0.4 is 5.73 Å². The third kappa shape index (κ3) is 2.44. The molecule has 1 atom stereocenters. The van der Waals surface area contributed by atoms with Gasteiger partial charge in [-0.05, 0) is 32.7 Å². The topological polar surface area (TPSA) is 47.1 Å². The fourth-order valence-electron chi connectivity index (χ4n) is 2.35. The van der Waals surface area contributed by atoms with Gasteiger partial charge in [-0.25, -0.2) is 4.98 Å². The van der Waals surface area contributed by atoms with Gasteiger partial charge in [0.1, 0.15) is 0 Å². The first kappa shape index (κ1) is 11.6. The summed E-state index contributed by atoms with van der Waals surface area (Å²) in [5.74, 6) is 0.827. The van der Waals surface area contributed by atoms with Crippen molar-refractivity contribution in [1.82, 2.24) is 14.5 Å². The van der Waals surface area contributed by atoms with E-state index in [0.29, 0.717) is 6.04 Å². The summed E-state index contributed by atoms with van der Waals surface area (Å²) in [7, 11) is 2.17. The SMILES string of the molecule is CCn1cncc1CN(C)C(CN)C1CC1. The van der Waals surface area contributed by atoms with Crippen LogP contribution in [0, 0.1) is 5.92 Å². The van der Waals surface area contributed by atoms with Crippen LogP contribution in [-0.2, 0) is 13.1 Å². The lowest BCUT2D eigenvalue weighted by Crippen LogP contribution is -2.39. The van der Waals surface area contributed by atoms with Gasteiger partial charge < -0.3 is 10.3 Å². The van der Waals surface area contributed by atoms with E-state index in [2.05, 4.69) is 28.4 Å². The van der Waals surface area contributed by atoms with E-state index in [1.807, 2.05) is 12.5 Å². The van der Waals surface area contributed by atoms with Crippen molar-refractivity contribution in [2.75, 3.05) is 13.6 Å². The molecular formula is C12H22N4. The third-order valence-corrected chi connectivity index (χ3v) is 3.52. The Balaban J connectivity index is 1.97. The number of likely N-dealkylation sites (N-methyl/N-ethyl adjacent to an activating group) is 1. The molecule has 1 heterocycles. The summed E-state index contributed by atoms with van der Waals surface area (Å²) in [6.07, 6.45) is 6.55. The van der Waals surface area contributed by atoms with Crippen LogP contribution in [0.5, 0.6) is 0 Å². The molecule has 0 spiro atoms. The van der Waals surface area contributed by atoms with Crippen LogP contribution in [0.3, 0.4) is 0 Å². The number of aryl methyl sites for hydroxylation is 1. The summed E-state index contributed by atoms with van der Waals surface area (Å²) in [6.45, 7) is 4.85. The maximum atomic E-state index is 5.85. The highest BCUT2D eigenvalue weighted by molar-refractivity contribution is 4.99. The number of hydrogen-bond donors (Lipinski definition) is 1. The molecule has 1 unspecified atom stereocenters. The summed E-state index contributed by atoms with van der Waals surface area (Å²) in [6, 6.07) is 0.542. The molecule has 0 aromatic carbocycles. The van der Waals surface area contributed by atoms with Crippen molar-refractivity contribution in [2.24, 2.45) is 11.7 Å². The molecule has 0 radical (unpaired) electrons. The Kier molecular flexibility index (Phi) is 3.61. The van der Waals surface area contributed by atoms with E-state index in [4.69, 9.17) is 5.73 Å². The first-order valence-corrected chi connectivity index (χ1v) is 6.15. The van der Waals surface area contributed by atoms with Crippen molar-refractivity contribution in [2.45, 2.75) is 38.9 Å². The minimum atomic E-state index is 0.542. The van der Waals surface area contributed by atoms with Gasteiger partial charge in [-0.15, -0.1) is 0 Å². The molecule has 1 fully saturated rings. The first-order valence-electron chi connectivity index (χ1n) is 6.15. The maximum absolute atomic E-state index is 5.85. The molecule has 2 N–H and O–H groups in total. The lowest BCUT2D eigenvalue weighted by Gasteiger charge is -2.27. The fourth-order valence-corrected chi connectivity index (χ4v) is 2.35. The molecule has 0 amide bonds. The molecule has 2 rings (SSSR count). The van der Waals surface area contributed by atoms with Crippen molar-refractivity contribution in [3.8, 4) is 0 Å². The number of nitrogens with two attached hydrogens (primary N) is 1. The number of aromatic nitrogens is 2. The summed E-state index contributed by atoms with van der Waals surface area (Å²) in [4.78, 5) is 6.57. The monoisotopic (exact) mass is 222 g/mol. The quantitative estimate of drug-likeness (QED) is 0.783. The molecule has 4 nitrogen and oxygen atoms in total. The van der Waals surface area contributed by atoms with Crippen LogP contribution in [0.4, 0.5) is 0 Å². The van der Waals surface area contributed by atoms with E-state index >= 15 is 0 Å². The second-order valence-corrected chi connectivity index (χ2v) is 4.73. The van der Waals surface area contributed by atoms with E-state index < -0.39 is 0 Å². The van der Waals surface area contributed by atoms with Crippen molar-refractivity contribution >= 4 is 0 Å². The summed E-state index contributed by atoms with van der Waals surface area (Å²) in [5, 5.41) is 0. The Morgan fingerprint density at radius 1 is 1.62 bits per heavy atom. The molecule has 0 saturated heterocycles. The standard InChI is InChI=1S/C12H22N4/c1-3-16-9-14-7-11(16)8-15(2)12(6-13)10-4-5-10/h7,9-10,12H,3-6,8,13H2,1-2H3. The van der Waals surface area contributed by atoms with E-state index in [0.717, 1.165) is 25.6 Å². The Bertz CT molecular complexity index is 330. The van der Waals surface area contributed by atoms with Crippen LogP contribution >= 0.6 is 0 Å². The van der Waals surface area contributed by atoms with Crippen LogP contribution in [-0.4, -0.2) is 34.1 Å². The van der Waals surface area contributed by atoms with Gasteiger partial charge in [0.05, 0.1) is 12.0 Å². The van der Waals surface area contributed by atoms with Crippen LogP contribution in [0.25, 0.3) is 0 Å². The number of nitrogens with zero attached hydrogens (tertiary/aromatic N) is 3. The van der Waals surface area contributed by atoms with Crippen molar-refractivity contribution < 1.29 is 0 Å². The highest BCUT2D eigenvalue weighted by Crippen LogP contribution is 2.34. The highest BCUT2D eigenvalue weighted by Gasteiger charge is 2.32. The van der Waals surface area contributed by atoms with E-state index in [1.54, 1.807) is 0 Å². The highest BCUT2D eigenvalue weighted by atomic mass is 15.2. The second-order valence-electron chi connectivity index (χ2n) is 4.73. The maximum Gasteiger partial charge on any atom is 0.0948 e. The predicted molar refractivity (Wildman–Crippen MR) is 64.9 cm³/mol. The molecule has 1 aromatic rings. The average molecular weight is 222 g/mol. The largest absolute Gasteiger partial charge is 0.334 e. The zero-order valence-corrected chi connectivity index (χ0v) is 10.3. The summed E-state index contributed by atoms with van der Waals surface area (Å²) >= 11 is 0. The Hall–Kier alpha value is -0.870. The normalized spacial score (nSPS) is 18.0. The molecule has 1 aliphatic carbocycles. The minimum absolute atomic E-state index is 0.542. The van der Waals surface area contributed by atoms with Crippen LogP contribution in [0.2, 0.25) is 0 Å². The number of hydrogen-bond acceptors (Lipinski definition) is 3. The Morgan fingerprint density at radius 3 is 2.94 bits per heavy atom. The lowest BCUT2D eigenvalue weighted by molar-refractivity contribution is 0.211. The molecule has 1 aliphatic rings. The van der Waals surface area contributed by atoms with Gasteiger partial charge in [-0.1, -0.05) is 0 Å². The second kappa shape index (κ2) is 4.97. The molecule has 4 heteroatoms. The molecule has 1 saturated carbocycles. The van der Waals surface area contributed by atoms with E-state index in [-0.39, 0.29) is 0 Å². The zero-order chi connectivity index (χ0) is 11.5. The van der Waals surface area contributed by atoms with Crippen molar-refractivity contribution in [3.05, 3.63) is 18.2 Å². The summed E-state index contributed by atoms with van der Waals surface area (Å²) < 4.78 is 2.19. The lowest BCUT2D eigenvalue weighted by atomic mass is 10.1. The fraction of sp³-hybridized carbons (Fsp3) is 0.750. The molecule has 0 aliphatic heterocycles. The molecule has 1 aromatic heterocycles. The molecule has 16 heavy (non-hydrogen) atoms. The minimum Gasteiger partial charge on any atom is -0.334 e. The van der Waals surface area contributed by atoms with Gasteiger partial charge in [0, 0.05) is 31.9 Å². The average Bonchev–Trinajstić information content (AvgIpc) is 3.00.